The highest BCUT2D eigenvalue weighted by Crippen LogP contribution is 2.22. The Morgan fingerprint density at radius 2 is 2.62 bits per heavy atom. The Morgan fingerprint density at radius 3 is 3.23 bits per heavy atom. The number of aromatic nitrogens is 1. The van der Waals surface area contributed by atoms with E-state index < -0.39 is 0 Å². The zero-order valence-electron chi connectivity index (χ0n) is 7.77. The lowest BCUT2D eigenvalue weighted by Crippen LogP contribution is -2.30. The molecule has 0 bridgehead atoms. The summed E-state index contributed by atoms with van der Waals surface area (Å²) in [6.07, 6.45) is 3.23. The smallest absolute Gasteiger partial charge is 0.107 e. The lowest BCUT2D eigenvalue weighted by Gasteiger charge is -2.21. The van der Waals surface area contributed by atoms with Crippen LogP contribution < -0.4 is 0 Å². The van der Waals surface area contributed by atoms with E-state index in [2.05, 4.69) is 28.7 Å². The highest BCUT2D eigenvalue weighted by molar-refractivity contribution is 7.99. The van der Waals surface area contributed by atoms with Crippen LogP contribution in [0.5, 0.6) is 0 Å². The first-order chi connectivity index (χ1) is 6.36. The molecule has 1 aromatic rings. The summed E-state index contributed by atoms with van der Waals surface area (Å²) >= 11 is 3.81. The molecule has 0 amide bonds. The third-order valence-electron chi connectivity index (χ3n) is 2.40. The minimum Gasteiger partial charge on any atom is -0.296 e. The van der Waals surface area contributed by atoms with Gasteiger partial charge in [0.25, 0.3) is 0 Å². The summed E-state index contributed by atoms with van der Waals surface area (Å²) in [5.74, 6) is 2.62. The first-order valence-corrected chi connectivity index (χ1v) is 6.56. The monoisotopic (exact) mass is 214 g/mol. The molecule has 0 radical (unpaired) electrons. The van der Waals surface area contributed by atoms with Crippen molar-refractivity contribution in [2.75, 3.05) is 18.6 Å². The number of hydrogen-bond donors (Lipinski definition) is 0. The average molecular weight is 214 g/mol. The highest BCUT2D eigenvalue weighted by atomic mass is 32.2. The van der Waals surface area contributed by atoms with Gasteiger partial charge < -0.3 is 0 Å². The molecule has 2 heterocycles. The van der Waals surface area contributed by atoms with E-state index in [1.165, 1.54) is 22.9 Å². The summed E-state index contributed by atoms with van der Waals surface area (Å²) in [7, 11) is 2.21. The molecule has 2 rings (SSSR count). The van der Waals surface area contributed by atoms with E-state index >= 15 is 0 Å². The Balaban J connectivity index is 1.87. The number of nitrogens with zero attached hydrogens (tertiary/aromatic N) is 2. The van der Waals surface area contributed by atoms with Crippen molar-refractivity contribution in [1.82, 2.24) is 9.88 Å². The molecule has 2 nitrogen and oxygen atoms in total. The van der Waals surface area contributed by atoms with E-state index in [9.17, 15) is 0 Å². The van der Waals surface area contributed by atoms with Crippen molar-refractivity contribution in [2.24, 2.45) is 0 Å². The van der Waals surface area contributed by atoms with Gasteiger partial charge in [-0.1, -0.05) is 0 Å². The van der Waals surface area contributed by atoms with Crippen LogP contribution in [0, 0.1) is 0 Å². The van der Waals surface area contributed by atoms with Crippen molar-refractivity contribution in [2.45, 2.75) is 19.0 Å². The van der Waals surface area contributed by atoms with Crippen molar-refractivity contribution in [3.05, 3.63) is 16.6 Å². The Hall–Kier alpha value is -0.0600. The fourth-order valence-corrected chi connectivity index (χ4v) is 3.52. The lowest BCUT2D eigenvalue weighted by molar-refractivity contribution is 0.254. The van der Waals surface area contributed by atoms with E-state index in [1.807, 2.05) is 11.6 Å². The van der Waals surface area contributed by atoms with E-state index in [-0.39, 0.29) is 0 Å². The van der Waals surface area contributed by atoms with Gasteiger partial charge in [0.1, 0.15) is 5.01 Å². The SMILES string of the molecule is CN(Cc1nccs1)C1CCSC1. The van der Waals surface area contributed by atoms with Crippen LogP contribution >= 0.6 is 23.1 Å². The topological polar surface area (TPSA) is 16.1 Å². The lowest BCUT2D eigenvalue weighted by atomic mass is 10.2. The second-order valence-electron chi connectivity index (χ2n) is 3.36. The molecule has 0 spiro atoms. The standard InChI is InChI=1S/C9H14N2S2/c1-11(8-2-4-12-7-8)6-9-10-3-5-13-9/h3,5,8H,2,4,6-7H2,1H3. The zero-order valence-corrected chi connectivity index (χ0v) is 9.40. The van der Waals surface area contributed by atoms with E-state index in [1.54, 1.807) is 11.3 Å². The van der Waals surface area contributed by atoms with Crippen LogP contribution in [0.2, 0.25) is 0 Å². The normalized spacial score (nSPS) is 22.8. The van der Waals surface area contributed by atoms with Crippen molar-refractivity contribution in [3.8, 4) is 0 Å². The quantitative estimate of drug-likeness (QED) is 0.766. The fourth-order valence-electron chi connectivity index (χ4n) is 1.54. The molecule has 1 atom stereocenters. The van der Waals surface area contributed by atoms with Crippen molar-refractivity contribution < 1.29 is 0 Å². The molecule has 72 valence electrons. The van der Waals surface area contributed by atoms with Gasteiger partial charge in [0.15, 0.2) is 0 Å². The van der Waals surface area contributed by atoms with Crippen LogP contribution in [0.15, 0.2) is 11.6 Å². The maximum Gasteiger partial charge on any atom is 0.107 e. The van der Waals surface area contributed by atoms with Crippen molar-refractivity contribution in [3.63, 3.8) is 0 Å². The van der Waals surface area contributed by atoms with Crippen LogP contribution in [-0.2, 0) is 6.54 Å². The van der Waals surface area contributed by atoms with Gasteiger partial charge in [0, 0.05) is 23.4 Å². The molecule has 1 aromatic heterocycles. The molecule has 1 aliphatic heterocycles. The Morgan fingerprint density at radius 1 is 1.69 bits per heavy atom. The maximum absolute atomic E-state index is 4.30. The summed E-state index contributed by atoms with van der Waals surface area (Å²) in [6.45, 7) is 1.02. The third-order valence-corrected chi connectivity index (χ3v) is 4.31. The van der Waals surface area contributed by atoms with Crippen molar-refractivity contribution in [1.29, 1.82) is 0 Å². The van der Waals surface area contributed by atoms with Gasteiger partial charge >= 0.3 is 0 Å². The Kier molecular flexibility index (Phi) is 3.24. The Labute approximate surface area is 87.4 Å². The van der Waals surface area contributed by atoms with Gasteiger partial charge in [-0.2, -0.15) is 11.8 Å². The molecule has 1 saturated heterocycles. The summed E-state index contributed by atoms with van der Waals surface area (Å²) in [6, 6.07) is 0.772. The van der Waals surface area contributed by atoms with Crippen molar-refractivity contribution >= 4 is 23.1 Å². The first kappa shape index (κ1) is 9.49. The Bertz CT molecular complexity index is 242. The van der Waals surface area contributed by atoms with Crippen LogP contribution in [0.25, 0.3) is 0 Å². The van der Waals surface area contributed by atoms with Gasteiger partial charge in [-0.15, -0.1) is 11.3 Å². The number of rotatable bonds is 3. The molecule has 1 aliphatic rings. The van der Waals surface area contributed by atoms with Gasteiger partial charge in [0.2, 0.25) is 0 Å². The van der Waals surface area contributed by atoms with Gasteiger partial charge in [0.05, 0.1) is 6.54 Å². The molecule has 0 saturated carbocycles. The first-order valence-electron chi connectivity index (χ1n) is 4.52. The van der Waals surface area contributed by atoms with Crippen LogP contribution in [0.4, 0.5) is 0 Å². The number of thioether (sulfide) groups is 1. The summed E-state index contributed by atoms with van der Waals surface area (Å²) in [4.78, 5) is 6.73. The van der Waals surface area contributed by atoms with Crippen LogP contribution in [-0.4, -0.2) is 34.5 Å². The summed E-state index contributed by atoms with van der Waals surface area (Å²) < 4.78 is 0. The molecule has 0 aromatic carbocycles. The minimum absolute atomic E-state index is 0.772. The third kappa shape index (κ3) is 2.45. The second kappa shape index (κ2) is 4.44. The molecule has 0 N–H and O–H groups in total. The minimum atomic E-state index is 0.772. The largest absolute Gasteiger partial charge is 0.296 e. The molecular weight excluding hydrogens is 200 g/mol. The van der Waals surface area contributed by atoms with Crippen LogP contribution in [0.1, 0.15) is 11.4 Å². The predicted molar refractivity (Wildman–Crippen MR) is 59.3 cm³/mol. The highest BCUT2D eigenvalue weighted by Gasteiger charge is 2.20. The summed E-state index contributed by atoms with van der Waals surface area (Å²) in [5, 5.41) is 3.28. The van der Waals surface area contributed by atoms with Gasteiger partial charge in [-0.25, -0.2) is 4.98 Å². The van der Waals surface area contributed by atoms with E-state index in [4.69, 9.17) is 0 Å². The molecule has 13 heavy (non-hydrogen) atoms. The molecule has 4 heteroatoms. The number of hydrogen-bond acceptors (Lipinski definition) is 4. The molecular formula is C9H14N2S2. The predicted octanol–water partition coefficient (Wildman–Crippen LogP) is 2.08. The van der Waals surface area contributed by atoms with Gasteiger partial charge in [-0.05, 0) is 19.2 Å². The van der Waals surface area contributed by atoms with E-state index in [0.717, 1.165) is 12.6 Å². The maximum atomic E-state index is 4.30. The second-order valence-corrected chi connectivity index (χ2v) is 5.49. The average Bonchev–Trinajstić information content (AvgIpc) is 2.74. The van der Waals surface area contributed by atoms with Gasteiger partial charge in [-0.3, -0.25) is 4.90 Å². The zero-order chi connectivity index (χ0) is 9.10. The molecule has 1 fully saturated rings. The fraction of sp³-hybridized carbons (Fsp3) is 0.667. The molecule has 0 aliphatic carbocycles. The van der Waals surface area contributed by atoms with Crippen LogP contribution in [0.3, 0.4) is 0 Å². The number of thiazole rings is 1. The summed E-state index contributed by atoms with van der Waals surface area (Å²) in [5.41, 5.74) is 0. The van der Waals surface area contributed by atoms with E-state index in [0.29, 0.717) is 0 Å². The molecule has 1 unspecified atom stereocenters.